The van der Waals surface area contributed by atoms with E-state index in [1.165, 1.54) is 23.1 Å². The lowest BCUT2D eigenvalue weighted by Crippen LogP contribution is -2.54. The molecule has 3 aliphatic rings. The molecule has 13 heteroatoms. The Bertz CT molecular complexity index is 1740. The summed E-state index contributed by atoms with van der Waals surface area (Å²) in [5.74, 6) is -2.10. The molecule has 0 radical (unpaired) electrons. The number of rotatable bonds is 9. The van der Waals surface area contributed by atoms with Gasteiger partial charge >= 0.3 is 6.09 Å². The molecule has 3 aromatic carbocycles. The van der Waals surface area contributed by atoms with Crippen molar-refractivity contribution in [2.45, 2.75) is 44.7 Å². The van der Waals surface area contributed by atoms with E-state index in [2.05, 4.69) is 16.0 Å². The summed E-state index contributed by atoms with van der Waals surface area (Å²) in [5.41, 5.74) is 2.77. The Morgan fingerprint density at radius 3 is 2.56 bits per heavy atom. The first-order valence-electron chi connectivity index (χ1n) is 14.5. The van der Waals surface area contributed by atoms with E-state index >= 15 is 0 Å². The Morgan fingerprint density at radius 2 is 1.78 bits per heavy atom. The van der Waals surface area contributed by atoms with Crippen molar-refractivity contribution in [2.24, 2.45) is 0 Å². The number of anilines is 3. The number of benzene rings is 3. The Kier molecular flexibility index (Phi) is 7.90. The summed E-state index contributed by atoms with van der Waals surface area (Å²) in [5, 5.41) is 17.8. The molecular weight excluding hydrogens is 582 g/mol. The van der Waals surface area contributed by atoms with Gasteiger partial charge in [-0.3, -0.25) is 39.1 Å². The van der Waals surface area contributed by atoms with Gasteiger partial charge in [0.15, 0.2) is 0 Å². The van der Waals surface area contributed by atoms with Crippen molar-refractivity contribution < 1.29 is 38.6 Å². The fourth-order valence-corrected chi connectivity index (χ4v) is 5.59. The van der Waals surface area contributed by atoms with Gasteiger partial charge in [0, 0.05) is 48.1 Å². The normalized spacial score (nSPS) is 17.4. The molecule has 13 nitrogen and oxygen atoms in total. The summed E-state index contributed by atoms with van der Waals surface area (Å²) in [6, 6.07) is 15.3. The topological polar surface area (TPSA) is 174 Å². The number of fused-ring (bicyclic) bond motifs is 2. The molecule has 1 saturated heterocycles. The van der Waals surface area contributed by atoms with Crippen LogP contribution in [0.5, 0.6) is 11.5 Å². The van der Waals surface area contributed by atoms with Gasteiger partial charge in [-0.1, -0.05) is 6.07 Å². The third-order valence-corrected chi connectivity index (χ3v) is 7.87. The first kappa shape index (κ1) is 29.4. The van der Waals surface area contributed by atoms with Crippen molar-refractivity contribution in [3.8, 4) is 11.5 Å². The van der Waals surface area contributed by atoms with Gasteiger partial charge in [0.25, 0.3) is 11.8 Å². The van der Waals surface area contributed by atoms with Crippen LogP contribution in [0.25, 0.3) is 0 Å². The van der Waals surface area contributed by atoms with Crippen LogP contribution in [0.15, 0.2) is 60.7 Å². The number of carbonyl (C=O) groups excluding carboxylic acids is 6. The van der Waals surface area contributed by atoms with Crippen LogP contribution in [0, 0.1) is 0 Å². The smallest absolute Gasteiger partial charge is 0.420 e. The SMILES string of the molecule is O=C1CCC(N2C(=O)c3cccc(NCCCCC(=O)Nc4ccc(N5Cc6ccc(O)cc6OC5=O)cc4)c3C2=O)C(=O)N1. The zero-order chi connectivity index (χ0) is 31.7. The molecular formula is C32H29N5O8. The number of phenolic OH excluding ortho intramolecular Hbond substituents is 1. The van der Waals surface area contributed by atoms with Crippen molar-refractivity contribution in [3.05, 3.63) is 77.4 Å². The maximum absolute atomic E-state index is 13.2. The average Bonchev–Trinajstić information content (AvgIpc) is 3.27. The monoisotopic (exact) mass is 611 g/mol. The van der Waals surface area contributed by atoms with Crippen LogP contribution in [-0.2, 0) is 20.9 Å². The Labute approximate surface area is 257 Å². The molecule has 0 aromatic heterocycles. The molecule has 45 heavy (non-hydrogen) atoms. The summed E-state index contributed by atoms with van der Waals surface area (Å²) in [6.07, 6.45) is 0.966. The van der Waals surface area contributed by atoms with Crippen LogP contribution in [0.2, 0.25) is 0 Å². The van der Waals surface area contributed by atoms with Crippen LogP contribution in [0.1, 0.15) is 58.4 Å². The second-order valence-corrected chi connectivity index (χ2v) is 10.9. The molecule has 3 aliphatic heterocycles. The number of aromatic hydroxyl groups is 1. The number of nitrogens with one attached hydrogen (secondary N) is 3. The highest BCUT2D eigenvalue weighted by Crippen LogP contribution is 2.34. The second-order valence-electron chi connectivity index (χ2n) is 10.9. The maximum Gasteiger partial charge on any atom is 0.420 e. The number of piperidine rings is 1. The van der Waals surface area contributed by atoms with E-state index in [1.807, 2.05) is 0 Å². The number of ether oxygens (including phenoxy) is 1. The van der Waals surface area contributed by atoms with Crippen LogP contribution in [0.3, 0.4) is 0 Å². The third-order valence-electron chi connectivity index (χ3n) is 7.87. The fourth-order valence-electron chi connectivity index (χ4n) is 5.59. The highest BCUT2D eigenvalue weighted by Gasteiger charge is 2.45. The van der Waals surface area contributed by atoms with Crippen molar-refractivity contribution in [3.63, 3.8) is 0 Å². The predicted octanol–water partition coefficient (Wildman–Crippen LogP) is 3.53. The molecule has 3 heterocycles. The van der Waals surface area contributed by atoms with Crippen molar-refractivity contribution >= 4 is 52.7 Å². The summed E-state index contributed by atoms with van der Waals surface area (Å²) in [6.45, 7) is 0.718. The summed E-state index contributed by atoms with van der Waals surface area (Å²) in [7, 11) is 0. The number of phenols is 1. The molecule has 0 aliphatic carbocycles. The summed E-state index contributed by atoms with van der Waals surface area (Å²) in [4.78, 5) is 77.4. The third kappa shape index (κ3) is 5.92. The summed E-state index contributed by atoms with van der Waals surface area (Å²) >= 11 is 0. The van der Waals surface area contributed by atoms with Crippen LogP contribution in [-0.4, -0.2) is 58.2 Å². The van der Waals surface area contributed by atoms with Gasteiger partial charge in [0.1, 0.15) is 17.5 Å². The Balaban J connectivity index is 0.975. The first-order valence-corrected chi connectivity index (χ1v) is 14.5. The molecule has 4 N–H and O–H groups in total. The van der Waals surface area contributed by atoms with Gasteiger partial charge in [-0.2, -0.15) is 0 Å². The molecule has 6 amide bonds. The van der Waals surface area contributed by atoms with Crippen molar-refractivity contribution in [1.82, 2.24) is 10.2 Å². The molecule has 6 rings (SSSR count). The zero-order valence-electron chi connectivity index (χ0n) is 24.0. The largest absolute Gasteiger partial charge is 0.508 e. The van der Waals surface area contributed by atoms with Crippen LogP contribution in [0.4, 0.5) is 21.9 Å². The quantitative estimate of drug-likeness (QED) is 0.208. The van der Waals surface area contributed by atoms with Gasteiger partial charge in [0.05, 0.1) is 17.7 Å². The lowest BCUT2D eigenvalue weighted by atomic mass is 10.0. The van der Waals surface area contributed by atoms with Crippen LogP contribution >= 0.6 is 0 Å². The number of hydrogen-bond acceptors (Lipinski definition) is 9. The predicted molar refractivity (Wildman–Crippen MR) is 161 cm³/mol. The number of hydrogen-bond donors (Lipinski definition) is 4. The molecule has 1 atom stereocenters. The first-order chi connectivity index (χ1) is 21.7. The molecule has 0 spiro atoms. The second kappa shape index (κ2) is 12.1. The van der Waals surface area contributed by atoms with Crippen molar-refractivity contribution in [1.29, 1.82) is 0 Å². The zero-order valence-corrected chi connectivity index (χ0v) is 24.0. The standard InChI is InChI=1S/C32H29N5O8/c38-21-12-7-18-17-36(32(44)45-25(18)16-21)20-10-8-19(9-11-20)34-26(39)6-1-2-15-33-23-5-3-4-22-28(23)31(43)37(30(22)42)24-13-14-27(40)35-29(24)41/h3-5,7-12,16,24,33,38H,1-2,6,13-15,17H2,(H,34,39)(H,35,40,41). The molecule has 1 fully saturated rings. The molecule has 1 unspecified atom stereocenters. The number of nitrogens with zero attached hydrogens (tertiary/aromatic N) is 2. The molecule has 0 saturated carbocycles. The van der Waals surface area contributed by atoms with E-state index in [0.717, 1.165) is 10.5 Å². The minimum absolute atomic E-state index is 0.0139. The van der Waals surface area contributed by atoms with Gasteiger partial charge in [-0.25, -0.2) is 4.79 Å². The highest BCUT2D eigenvalue weighted by atomic mass is 16.6. The van der Waals surface area contributed by atoms with E-state index in [-0.39, 0.29) is 48.6 Å². The van der Waals surface area contributed by atoms with Gasteiger partial charge in [0.2, 0.25) is 17.7 Å². The highest BCUT2D eigenvalue weighted by molar-refractivity contribution is 6.25. The average molecular weight is 612 g/mol. The Morgan fingerprint density at radius 1 is 0.978 bits per heavy atom. The number of unbranched alkanes of at least 4 members (excludes halogenated alkanes) is 1. The van der Waals surface area contributed by atoms with Crippen LogP contribution < -0.4 is 25.6 Å². The molecule has 0 bridgehead atoms. The van der Waals surface area contributed by atoms with E-state index in [9.17, 15) is 33.9 Å². The van der Waals surface area contributed by atoms with Gasteiger partial charge in [-0.05, 0) is 67.8 Å². The minimum Gasteiger partial charge on any atom is -0.508 e. The number of amides is 6. The van der Waals surface area contributed by atoms with E-state index in [1.54, 1.807) is 42.5 Å². The van der Waals surface area contributed by atoms with Gasteiger partial charge in [-0.15, -0.1) is 0 Å². The van der Waals surface area contributed by atoms with Gasteiger partial charge < -0.3 is 20.5 Å². The Hall–Kier alpha value is -5.72. The summed E-state index contributed by atoms with van der Waals surface area (Å²) < 4.78 is 5.33. The van der Waals surface area contributed by atoms with E-state index in [4.69, 9.17) is 4.74 Å². The van der Waals surface area contributed by atoms with E-state index < -0.39 is 35.8 Å². The fraction of sp³-hybridized carbons (Fsp3) is 0.250. The molecule has 230 valence electrons. The molecule has 3 aromatic rings. The number of imide groups is 2. The van der Waals surface area contributed by atoms with E-state index in [0.29, 0.717) is 42.2 Å². The number of carbonyl (C=O) groups is 6. The minimum atomic E-state index is -1.03. The lowest BCUT2D eigenvalue weighted by Gasteiger charge is -2.28. The lowest BCUT2D eigenvalue weighted by molar-refractivity contribution is -0.136. The maximum atomic E-state index is 13.2. The van der Waals surface area contributed by atoms with Crippen molar-refractivity contribution in [2.75, 3.05) is 22.1 Å².